The van der Waals surface area contributed by atoms with Gasteiger partial charge in [0.2, 0.25) is 0 Å². The lowest BCUT2D eigenvalue weighted by molar-refractivity contribution is -0.119. The summed E-state index contributed by atoms with van der Waals surface area (Å²) in [4.78, 5) is 24.6. The zero-order valence-electron chi connectivity index (χ0n) is 16.8. The van der Waals surface area contributed by atoms with Gasteiger partial charge in [0.25, 0.3) is 5.91 Å². The minimum atomic E-state index is -0.573. The molecule has 6 nitrogen and oxygen atoms in total. The highest BCUT2D eigenvalue weighted by Crippen LogP contribution is 2.22. The van der Waals surface area contributed by atoms with Gasteiger partial charge >= 0.3 is 5.97 Å². The Kier molecular flexibility index (Phi) is 8.02. The summed E-state index contributed by atoms with van der Waals surface area (Å²) in [6, 6.07) is 10.8. The van der Waals surface area contributed by atoms with Gasteiger partial charge in [-0.15, -0.1) is 0 Å². The van der Waals surface area contributed by atoms with E-state index < -0.39 is 5.97 Å². The maximum Gasteiger partial charge on any atom is 0.338 e. The van der Waals surface area contributed by atoms with Crippen molar-refractivity contribution in [3.05, 3.63) is 58.7 Å². The molecule has 2 aromatic rings. The van der Waals surface area contributed by atoms with E-state index in [0.29, 0.717) is 24.5 Å². The van der Waals surface area contributed by atoms with Crippen molar-refractivity contribution in [2.75, 3.05) is 25.6 Å². The Morgan fingerprint density at radius 3 is 2.54 bits per heavy atom. The van der Waals surface area contributed by atoms with Crippen molar-refractivity contribution >= 4 is 17.6 Å². The Bertz CT molecular complexity index is 832. The van der Waals surface area contributed by atoms with Crippen molar-refractivity contribution in [2.24, 2.45) is 0 Å². The van der Waals surface area contributed by atoms with E-state index in [1.165, 1.54) is 0 Å². The molecule has 0 radical (unpaired) electrons. The predicted octanol–water partition coefficient (Wildman–Crippen LogP) is 3.90. The number of carbonyl (C=O) groups is 2. The number of nitrogens with one attached hydrogen (secondary N) is 1. The van der Waals surface area contributed by atoms with Crippen LogP contribution >= 0.6 is 0 Å². The highest BCUT2D eigenvalue weighted by Gasteiger charge is 2.15. The number of benzene rings is 2. The first-order valence-corrected chi connectivity index (χ1v) is 9.30. The number of methoxy groups -OCH3 is 1. The maximum atomic E-state index is 12.3. The van der Waals surface area contributed by atoms with Crippen LogP contribution < -0.4 is 10.1 Å². The van der Waals surface area contributed by atoms with Crippen LogP contribution in [0.4, 0.5) is 5.69 Å². The van der Waals surface area contributed by atoms with Gasteiger partial charge in [-0.1, -0.05) is 25.1 Å². The second-order valence-corrected chi connectivity index (χ2v) is 6.25. The molecule has 150 valence electrons. The van der Waals surface area contributed by atoms with E-state index in [0.717, 1.165) is 28.8 Å². The van der Waals surface area contributed by atoms with E-state index in [-0.39, 0.29) is 12.5 Å². The van der Waals surface area contributed by atoms with Gasteiger partial charge in [-0.3, -0.25) is 4.79 Å². The highest BCUT2D eigenvalue weighted by atomic mass is 16.5. The van der Waals surface area contributed by atoms with Gasteiger partial charge in [0.15, 0.2) is 6.61 Å². The Balaban J connectivity index is 2.01. The Morgan fingerprint density at radius 1 is 1.07 bits per heavy atom. The molecule has 2 aromatic carbocycles. The zero-order chi connectivity index (χ0) is 20.5. The number of amides is 1. The smallest absolute Gasteiger partial charge is 0.338 e. The molecule has 0 unspecified atom stereocenters. The predicted molar refractivity (Wildman–Crippen MR) is 108 cm³/mol. The lowest BCUT2D eigenvalue weighted by Crippen LogP contribution is -2.22. The summed E-state index contributed by atoms with van der Waals surface area (Å²) in [5, 5.41) is 2.84. The molecule has 0 bridgehead atoms. The van der Waals surface area contributed by atoms with Gasteiger partial charge in [0.05, 0.1) is 19.3 Å². The van der Waals surface area contributed by atoms with Gasteiger partial charge in [-0.05, 0) is 49.6 Å². The SMILES string of the molecule is CCOCc1cc(C(=O)OCC(=O)Nc2c(C)cccc2CC)ccc1OC. The van der Waals surface area contributed by atoms with Crippen LogP contribution in [0.1, 0.15) is 40.9 Å². The van der Waals surface area contributed by atoms with Crippen molar-refractivity contribution in [2.45, 2.75) is 33.8 Å². The van der Waals surface area contributed by atoms with Gasteiger partial charge in [0, 0.05) is 17.9 Å². The largest absolute Gasteiger partial charge is 0.496 e. The summed E-state index contributed by atoms with van der Waals surface area (Å²) in [5.74, 6) is -0.314. The monoisotopic (exact) mass is 385 g/mol. The summed E-state index contributed by atoms with van der Waals surface area (Å²) in [7, 11) is 1.56. The number of rotatable bonds is 9. The van der Waals surface area contributed by atoms with E-state index in [4.69, 9.17) is 14.2 Å². The number of hydrogen-bond donors (Lipinski definition) is 1. The van der Waals surface area contributed by atoms with Gasteiger partial charge in [-0.2, -0.15) is 0 Å². The third kappa shape index (κ3) is 5.57. The molecular formula is C22H27NO5. The second kappa shape index (κ2) is 10.5. The van der Waals surface area contributed by atoms with Crippen LogP contribution in [0.2, 0.25) is 0 Å². The highest BCUT2D eigenvalue weighted by molar-refractivity contribution is 5.96. The number of para-hydroxylation sites is 1. The van der Waals surface area contributed by atoms with Crippen LogP contribution in [0.15, 0.2) is 36.4 Å². The average Bonchev–Trinajstić information content (AvgIpc) is 2.71. The molecule has 0 aliphatic carbocycles. The molecule has 0 spiro atoms. The third-order valence-corrected chi connectivity index (χ3v) is 4.32. The quantitative estimate of drug-likeness (QED) is 0.663. The first-order valence-electron chi connectivity index (χ1n) is 9.30. The van der Waals surface area contributed by atoms with Crippen molar-refractivity contribution in [3.8, 4) is 5.75 Å². The lowest BCUT2D eigenvalue weighted by Gasteiger charge is -2.13. The van der Waals surface area contributed by atoms with Crippen LogP contribution in [0.5, 0.6) is 5.75 Å². The van der Waals surface area contributed by atoms with Crippen molar-refractivity contribution in [1.29, 1.82) is 0 Å². The summed E-state index contributed by atoms with van der Waals surface area (Å²) in [5.41, 5.74) is 3.86. The van der Waals surface area contributed by atoms with Crippen LogP contribution in [0.3, 0.4) is 0 Å². The van der Waals surface area contributed by atoms with E-state index in [9.17, 15) is 9.59 Å². The summed E-state index contributed by atoms with van der Waals surface area (Å²) >= 11 is 0. The molecule has 1 amide bonds. The second-order valence-electron chi connectivity index (χ2n) is 6.25. The lowest BCUT2D eigenvalue weighted by atomic mass is 10.1. The molecule has 0 fully saturated rings. The standard InChI is InChI=1S/C22H27NO5/c1-5-16-9-7-8-15(3)21(16)23-20(24)14-28-22(25)17-10-11-19(26-4)18(12-17)13-27-6-2/h7-12H,5-6,13-14H2,1-4H3,(H,23,24). The van der Waals surface area contributed by atoms with Gasteiger partial charge in [0.1, 0.15) is 5.75 Å². The molecule has 0 aliphatic heterocycles. The summed E-state index contributed by atoms with van der Waals surface area (Å²) < 4.78 is 15.9. The summed E-state index contributed by atoms with van der Waals surface area (Å²) in [6.45, 7) is 6.36. The van der Waals surface area contributed by atoms with E-state index in [1.54, 1.807) is 25.3 Å². The molecule has 28 heavy (non-hydrogen) atoms. The normalized spacial score (nSPS) is 10.4. The fourth-order valence-electron chi connectivity index (χ4n) is 2.82. The number of anilines is 1. The molecule has 0 atom stereocenters. The molecule has 1 N–H and O–H groups in total. The third-order valence-electron chi connectivity index (χ3n) is 4.32. The van der Waals surface area contributed by atoms with Crippen molar-refractivity contribution < 1.29 is 23.8 Å². The Labute approximate surface area is 165 Å². The van der Waals surface area contributed by atoms with Crippen LogP contribution in [-0.4, -0.2) is 32.2 Å². The molecule has 0 saturated carbocycles. The maximum absolute atomic E-state index is 12.3. The zero-order valence-corrected chi connectivity index (χ0v) is 16.8. The van der Waals surface area contributed by atoms with Crippen molar-refractivity contribution in [3.63, 3.8) is 0 Å². The number of esters is 1. The van der Waals surface area contributed by atoms with E-state index in [1.807, 2.05) is 39.0 Å². The molecule has 0 heterocycles. The molecule has 0 aromatic heterocycles. The van der Waals surface area contributed by atoms with E-state index in [2.05, 4.69) is 5.32 Å². The van der Waals surface area contributed by atoms with E-state index >= 15 is 0 Å². The first-order chi connectivity index (χ1) is 13.5. The minimum absolute atomic E-state index is 0.328. The number of carbonyl (C=O) groups excluding carboxylic acids is 2. The average molecular weight is 385 g/mol. The van der Waals surface area contributed by atoms with Crippen LogP contribution in [-0.2, 0) is 27.3 Å². The number of ether oxygens (including phenoxy) is 3. The minimum Gasteiger partial charge on any atom is -0.496 e. The Morgan fingerprint density at radius 2 is 1.86 bits per heavy atom. The molecule has 6 heteroatoms. The number of aryl methyl sites for hydroxylation is 2. The fraction of sp³-hybridized carbons (Fsp3) is 0.364. The Hall–Kier alpha value is -2.86. The molecule has 0 aliphatic rings. The fourth-order valence-corrected chi connectivity index (χ4v) is 2.82. The molecule has 0 saturated heterocycles. The van der Waals surface area contributed by atoms with Gasteiger partial charge in [-0.25, -0.2) is 4.79 Å². The molecular weight excluding hydrogens is 358 g/mol. The topological polar surface area (TPSA) is 73.9 Å². The molecule has 2 rings (SSSR count). The number of hydrogen-bond acceptors (Lipinski definition) is 5. The van der Waals surface area contributed by atoms with Crippen LogP contribution in [0, 0.1) is 6.92 Å². The van der Waals surface area contributed by atoms with Crippen molar-refractivity contribution in [1.82, 2.24) is 0 Å². The first kappa shape index (κ1) is 21.4. The van der Waals surface area contributed by atoms with Crippen LogP contribution in [0.25, 0.3) is 0 Å². The van der Waals surface area contributed by atoms with Gasteiger partial charge < -0.3 is 19.5 Å². The summed E-state index contributed by atoms with van der Waals surface area (Å²) in [6.07, 6.45) is 0.797.